The van der Waals surface area contributed by atoms with Gasteiger partial charge in [-0.05, 0) is 82.6 Å². The Morgan fingerprint density at radius 3 is 1.12 bits per heavy atom. The smallest absolute Gasteiger partial charge is 0.407 e. The number of benzene rings is 1. The predicted octanol–water partition coefficient (Wildman–Crippen LogP) is -4.26. The first-order valence-corrected chi connectivity index (χ1v) is 34.7. The van der Waals surface area contributed by atoms with E-state index in [4.69, 9.17) is 57.2 Å². The third-order valence-corrected chi connectivity index (χ3v) is 16.7. The molecule has 36 heteroatoms. The van der Waals surface area contributed by atoms with Gasteiger partial charge < -0.3 is 125 Å². The lowest BCUT2D eigenvalue weighted by atomic mass is 9.83. The van der Waals surface area contributed by atoms with E-state index < -0.39 is 135 Å². The Bertz CT molecular complexity index is 2260. The molecule has 36 nitrogen and oxygen atoms in total. The highest BCUT2D eigenvalue weighted by atomic mass is 16.8. The molecule has 3 saturated heterocycles. The van der Waals surface area contributed by atoms with Crippen molar-refractivity contribution in [3.05, 3.63) is 35.9 Å². The van der Waals surface area contributed by atoms with Crippen molar-refractivity contribution < 1.29 is 127 Å². The zero-order valence-electron chi connectivity index (χ0n) is 58.1. The zero-order chi connectivity index (χ0) is 72.8. The first-order valence-electron chi connectivity index (χ1n) is 34.7. The van der Waals surface area contributed by atoms with E-state index >= 15 is 0 Å². The van der Waals surface area contributed by atoms with E-state index in [1.165, 1.54) is 20.8 Å². The molecule has 100 heavy (non-hydrogen) atoms. The SMILES string of the molecule is CC(=O)N[C@@H]1[C@@H](O)[C@@H](O)[C@@H](CO)O[C@@H]1CCCOCCOCCNONCCCC(CCCNONCCOCCOCCC[C@H]1O[C@H](CO)[C@H](O)[C@H](O)[C@H]1NC(C)=O)(CCCNC(=O)NCCOCCOCCC[C@H]1O[C@H](CO)[C@H](O)[C@H](O)[C@H]1NC(C)=O)NC(=O)OCc1ccccc1. The second-order valence-corrected chi connectivity index (χ2v) is 24.7. The van der Waals surface area contributed by atoms with Crippen molar-refractivity contribution >= 4 is 29.8 Å². The van der Waals surface area contributed by atoms with Gasteiger partial charge in [0.2, 0.25) is 17.7 Å². The molecule has 3 aliphatic heterocycles. The van der Waals surface area contributed by atoms with Gasteiger partial charge in [-0.1, -0.05) is 30.3 Å². The van der Waals surface area contributed by atoms with Gasteiger partial charge in [0.1, 0.15) is 61.5 Å². The van der Waals surface area contributed by atoms with Crippen LogP contribution in [0.5, 0.6) is 0 Å². The molecule has 3 heterocycles. The molecule has 0 saturated carbocycles. The van der Waals surface area contributed by atoms with E-state index in [0.29, 0.717) is 163 Å². The topological polar surface area (TPSA) is 498 Å². The number of urea groups is 1. The molecule has 0 unspecified atom stereocenters. The van der Waals surface area contributed by atoms with Gasteiger partial charge in [0.15, 0.2) is 0 Å². The summed E-state index contributed by atoms with van der Waals surface area (Å²) in [7, 11) is 0. The first-order chi connectivity index (χ1) is 48.3. The number of amides is 6. The van der Waals surface area contributed by atoms with Crippen LogP contribution in [0.25, 0.3) is 0 Å². The highest BCUT2D eigenvalue weighted by Crippen LogP contribution is 2.29. The Kier molecular flexibility index (Phi) is 45.7. The fourth-order valence-corrected chi connectivity index (χ4v) is 11.7. The number of nitrogens with one attached hydrogen (secondary N) is 10. The molecule has 19 N–H and O–H groups in total. The van der Waals surface area contributed by atoms with E-state index in [2.05, 4.69) is 53.8 Å². The van der Waals surface area contributed by atoms with Crippen LogP contribution in [0.3, 0.4) is 0 Å². The molecule has 0 radical (unpaired) electrons. The normalized spacial score (nSPS) is 25.9. The highest BCUT2D eigenvalue weighted by Gasteiger charge is 2.47. The van der Waals surface area contributed by atoms with Crippen molar-refractivity contribution in [2.75, 3.05) is 138 Å². The van der Waals surface area contributed by atoms with Crippen LogP contribution in [-0.2, 0) is 78.2 Å². The number of hydrogen-bond donors (Lipinski definition) is 19. The fraction of sp³-hybridized carbons (Fsp3) is 0.828. The summed E-state index contributed by atoms with van der Waals surface area (Å²) in [5.41, 5.74) is 11.4. The van der Waals surface area contributed by atoms with E-state index in [0.717, 1.165) is 5.56 Å². The van der Waals surface area contributed by atoms with Crippen LogP contribution in [0.4, 0.5) is 9.59 Å². The third kappa shape index (κ3) is 35.1. The number of hydroxylamine groups is 4. The molecule has 1 aromatic carbocycles. The van der Waals surface area contributed by atoms with Crippen LogP contribution in [0, 0.1) is 0 Å². The second kappa shape index (κ2) is 52.2. The van der Waals surface area contributed by atoms with Gasteiger partial charge in [-0.3, -0.25) is 14.4 Å². The van der Waals surface area contributed by atoms with Crippen molar-refractivity contribution in [3.8, 4) is 0 Å². The number of ether oxygens (including phenoxy) is 10. The Morgan fingerprint density at radius 1 is 0.410 bits per heavy atom. The average molecular weight is 1440 g/mol. The summed E-state index contributed by atoms with van der Waals surface area (Å²) in [6.45, 7) is 7.90. The van der Waals surface area contributed by atoms with E-state index in [-0.39, 0.29) is 51.3 Å². The van der Waals surface area contributed by atoms with Gasteiger partial charge in [-0.25, -0.2) is 19.5 Å². The quantitative estimate of drug-likeness (QED) is 0.0217. The number of carbonyl (C=O) groups excluding carboxylic acids is 5. The van der Waals surface area contributed by atoms with Gasteiger partial charge in [0.25, 0.3) is 0 Å². The minimum Gasteiger partial charge on any atom is -0.445 e. The van der Waals surface area contributed by atoms with Crippen molar-refractivity contribution in [3.63, 3.8) is 0 Å². The molecule has 3 aliphatic rings. The Morgan fingerprint density at radius 2 is 0.750 bits per heavy atom. The number of aliphatic hydroxyl groups is 9. The fourth-order valence-electron chi connectivity index (χ4n) is 11.7. The van der Waals surface area contributed by atoms with Crippen LogP contribution in [0.1, 0.15) is 103 Å². The van der Waals surface area contributed by atoms with Gasteiger partial charge in [0.05, 0.1) is 116 Å². The molecular weight excluding hydrogens is 1320 g/mol. The standard InChI is InChI=1S/C64H116N10O26/c1-43(78)71-53-47(96-50(39-75)56(81)59(53)84)15-7-27-89-33-36-92-30-24-66-62(87)65-21-10-18-64(74-63(88)95-42-46-13-5-4-6-14-46,19-11-22-67-99-69-25-31-93-37-34-90-28-8-16-48-54(72-44(2)79)60(85)57(82)51(40-76)97-48)20-12-23-68-100-70-26-32-94-38-35-91-29-9-17-49-55(73-45(3)80)61(86)58(83)52(41-77)98-49/h4-6,13-14,47-61,67-70,75-77,81-86H,7-12,15-42H2,1-3H3,(H,71,78)(H,72,79)(H,73,80)(H,74,88)(H2,65,66,87)/t47-,48-,49-,50-,51-,52-,53+,54+,55+,56+,57+,58+,59-,60-,61-/m1/s1. The molecule has 3 fully saturated rings. The zero-order valence-corrected chi connectivity index (χ0v) is 58.1. The summed E-state index contributed by atoms with van der Waals surface area (Å²) in [6.07, 6.45) is -7.81. The largest absolute Gasteiger partial charge is 0.445 e. The van der Waals surface area contributed by atoms with Gasteiger partial charge in [0, 0.05) is 85.4 Å². The van der Waals surface area contributed by atoms with Gasteiger partial charge in [-0.2, -0.15) is 21.9 Å². The summed E-state index contributed by atoms with van der Waals surface area (Å²) in [5, 5.41) is 108. The number of hydrogen-bond acceptors (Lipinski definition) is 30. The molecule has 0 spiro atoms. The van der Waals surface area contributed by atoms with Gasteiger partial charge >= 0.3 is 12.1 Å². The lowest BCUT2D eigenvalue weighted by Crippen LogP contribution is -2.63. The second-order valence-electron chi connectivity index (χ2n) is 24.7. The number of rotatable bonds is 55. The maximum absolute atomic E-state index is 13.7. The minimum atomic E-state index is -1.36. The van der Waals surface area contributed by atoms with Crippen molar-refractivity contribution in [1.29, 1.82) is 0 Å². The van der Waals surface area contributed by atoms with Crippen LogP contribution >= 0.6 is 0 Å². The molecule has 0 bridgehead atoms. The van der Waals surface area contributed by atoms with Crippen molar-refractivity contribution in [1.82, 2.24) is 53.8 Å². The molecule has 15 atom stereocenters. The predicted molar refractivity (Wildman–Crippen MR) is 354 cm³/mol. The number of alkyl carbamates (subject to hydrolysis) is 1. The lowest BCUT2D eigenvalue weighted by molar-refractivity contribution is -0.197. The van der Waals surface area contributed by atoms with E-state index in [9.17, 15) is 69.9 Å². The lowest BCUT2D eigenvalue weighted by Gasteiger charge is -2.42. The van der Waals surface area contributed by atoms with E-state index in [1.54, 1.807) is 0 Å². The summed E-state index contributed by atoms with van der Waals surface area (Å²) in [5.74, 6) is -1.17. The Labute approximate surface area is 584 Å². The molecule has 578 valence electrons. The first kappa shape index (κ1) is 87.6. The highest BCUT2D eigenvalue weighted by molar-refractivity contribution is 5.74. The molecule has 1 aromatic rings. The third-order valence-electron chi connectivity index (χ3n) is 16.7. The van der Waals surface area contributed by atoms with Crippen molar-refractivity contribution in [2.24, 2.45) is 0 Å². The molecule has 0 aromatic heterocycles. The molecular formula is C64H116N10O26. The van der Waals surface area contributed by atoms with Crippen LogP contribution in [0.2, 0.25) is 0 Å². The molecule has 0 aliphatic carbocycles. The van der Waals surface area contributed by atoms with E-state index in [1.807, 2.05) is 30.3 Å². The Balaban J connectivity index is 1.19. The molecule has 6 amide bonds. The number of carbonyl (C=O) groups is 5. The van der Waals surface area contributed by atoms with Crippen molar-refractivity contribution in [2.45, 2.75) is 201 Å². The monoisotopic (exact) mass is 1440 g/mol. The summed E-state index contributed by atoms with van der Waals surface area (Å²) >= 11 is 0. The van der Waals surface area contributed by atoms with Gasteiger partial charge in [-0.15, -0.1) is 0 Å². The molecule has 4 rings (SSSR count). The average Bonchev–Trinajstić information content (AvgIpc) is 0.825. The Hall–Kier alpha value is -4.79. The summed E-state index contributed by atoms with van der Waals surface area (Å²) in [6, 6.07) is 6.32. The van der Waals surface area contributed by atoms with Crippen LogP contribution in [-0.4, -0.2) is 311 Å². The summed E-state index contributed by atoms with van der Waals surface area (Å²) < 4.78 is 57.0. The maximum Gasteiger partial charge on any atom is 0.407 e. The number of aliphatic hydroxyl groups excluding tert-OH is 9. The van der Waals surface area contributed by atoms with Crippen LogP contribution in [0.15, 0.2) is 30.3 Å². The summed E-state index contributed by atoms with van der Waals surface area (Å²) in [4.78, 5) is 72.7. The van der Waals surface area contributed by atoms with Crippen LogP contribution < -0.4 is 53.8 Å². The minimum absolute atomic E-state index is 0.0402. The maximum atomic E-state index is 13.7.